The molecule has 18 heavy (non-hydrogen) atoms. The van der Waals surface area contributed by atoms with Crippen LogP contribution >= 0.6 is 0 Å². The van der Waals surface area contributed by atoms with E-state index in [9.17, 15) is 4.79 Å². The molecule has 1 saturated carbocycles. The highest BCUT2D eigenvalue weighted by molar-refractivity contribution is 5.68. The van der Waals surface area contributed by atoms with Crippen LogP contribution in [-0.2, 0) is 4.79 Å². The van der Waals surface area contributed by atoms with Gasteiger partial charge < -0.3 is 10.4 Å². The molecular formula is C15H29NO2. The SMILES string of the molecule is CCCNC1(CC(=O)O)CCC(C(C)(C)C)CC1. The summed E-state index contributed by atoms with van der Waals surface area (Å²) in [4.78, 5) is 11.1. The van der Waals surface area contributed by atoms with E-state index in [2.05, 4.69) is 33.0 Å². The molecule has 0 heterocycles. The zero-order valence-corrected chi connectivity index (χ0v) is 12.4. The van der Waals surface area contributed by atoms with Crippen LogP contribution in [0, 0.1) is 11.3 Å². The Morgan fingerprint density at radius 1 is 1.33 bits per heavy atom. The van der Waals surface area contributed by atoms with Gasteiger partial charge >= 0.3 is 5.97 Å². The topological polar surface area (TPSA) is 49.3 Å². The van der Waals surface area contributed by atoms with Crippen molar-refractivity contribution in [1.29, 1.82) is 0 Å². The minimum Gasteiger partial charge on any atom is -0.481 e. The van der Waals surface area contributed by atoms with Gasteiger partial charge in [-0.3, -0.25) is 4.79 Å². The van der Waals surface area contributed by atoms with Gasteiger partial charge in [-0.2, -0.15) is 0 Å². The fourth-order valence-electron chi connectivity index (χ4n) is 3.13. The smallest absolute Gasteiger partial charge is 0.305 e. The first-order chi connectivity index (χ1) is 8.29. The molecule has 1 fully saturated rings. The largest absolute Gasteiger partial charge is 0.481 e. The highest BCUT2D eigenvalue weighted by Gasteiger charge is 2.39. The van der Waals surface area contributed by atoms with Gasteiger partial charge in [0, 0.05) is 5.54 Å². The standard InChI is InChI=1S/C15H29NO2/c1-5-10-16-15(11-13(17)18)8-6-12(7-9-15)14(2,3)4/h12,16H,5-11H2,1-4H3,(H,17,18). The molecule has 0 aromatic carbocycles. The molecular weight excluding hydrogens is 226 g/mol. The third-order valence-corrected chi connectivity index (χ3v) is 4.41. The molecule has 0 aromatic heterocycles. The van der Waals surface area contributed by atoms with Gasteiger partial charge in [0.1, 0.15) is 0 Å². The number of carboxylic acids is 1. The van der Waals surface area contributed by atoms with Crippen LogP contribution in [0.5, 0.6) is 0 Å². The first kappa shape index (κ1) is 15.5. The van der Waals surface area contributed by atoms with E-state index in [1.165, 1.54) is 0 Å². The zero-order chi connectivity index (χ0) is 13.8. The summed E-state index contributed by atoms with van der Waals surface area (Å²) in [7, 11) is 0. The van der Waals surface area contributed by atoms with E-state index in [0.717, 1.165) is 44.6 Å². The first-order valence-electron chi connectivity index (χ1n) is 7.26. The molecule has 106 valence electrons. The summed E-state index contributed by atoms with van der Waals surface area (Å²) in [5.74, 6) is 0.0515. The first-order valence-corrected chi connectivity index (χ1v) is 7.26. The molecule has 0 saturated heterocycles. The maximum atomic E-state index is 11.1. The van der Waals surface area contributed by atoms with E-state index in [1.54, 1.807) is 0 Å². The summed E-state index contributed by atoms with van der Waals surface area (Å²) >= 11 is 0. The molecule has 0 unspecified atom stereocenters. The Bertz CT molecular complexity index is 273. The van der Waals surface area contributed by atoms with Crippen molar-refractivity contribution in [3.05, 3.63) is 0 Å². The minimum atomic E-state index is -0.673. The lowest BCUT2D eigenvalue weighted by molar-refractivity contribution is -0.139. The Morgan fingerprint density at radius 3 is 2.28 bits per heavy atom. The minimum absolute atomic E-state index is 0.149. The van der Waals surface area contributed by atoms with E-state index >= 15 is 0 Å². The van der Waals surface area contributed by atoms with Gasteiger partial charge in [0.25, 0.3) is 0 Å². The van der Waals surface area contributed by atoms with Crippen LogP contribution in [-0.4, -0.2) is 23.2 Å². The van der Waals surface area contributed by atoms with E-state index in [-0.39, 0.29) is 12.0 Å². The van der Waals surface area contributed by atoms with Crippen molar-refractivity contribution in [1.82, 2.24) is 5.32 Å². The molecule has 1 aliphatic carbocycles. The van der Waals surface area contributed by atoms with Crippen molar-refractivity contribution in [2.24, 2.45) is 11.3 Å². The van der Waals surface area contributed by atoms with Crippen LogP contribution in [0.1, 0.15) is 66.2 Å². The second kappa shape index (κ2) is 6.05. The van der Waals surface area contributed by atoms with Gasteiger partial charge in [-0.15, -0.1) is 0 Å². The average molecular weight is 255 g/mol. The second-order valence-electron chi connectivity index (χ2n) is 6.92. The van der Waals surface area contributed by atoms with Crippen molar-refractivity contribution >= 4 is 5.97 Å². The van der Waals surface area contributed by atoms with E-state index in [1.807, 2.05) is 0 Å². The number of aliphatic carboxylic acids is 1. The maximum absolute atomic E-state index is 11.1. The molecule has 0 bridgehead atoms. The fraction of sp³-hybridized carbons (Fsp3) is 0.933. The summed E-state index contributed by atoms with van der Waals surface area (Å²) in [6.07, 6.45) is 5.62. The number of rotatable bonds is 5. The zero-order valence-electron chi connectivity index (χ0n) is 12.4. The van der Waals surface area contributed by atoms with Crippen molar-refractivity contribution < 1.29 is 9.90 Å². The predicted octanol–water partition coefficient (Wildman–Crippen LogP) is 3.44. The quantitative estimate of drug-likeness (QED) is 0.791. The van der Waals surface area contributed by atoms with E-state index in [0.29, 0.717) is 5.41 Å². The lowest BCUT2D eigenvalue weighted by Gasteiger charge is -2.44. The molecule has 0 aliphatic heterocycles. The molecule has 0 spiro atoms. The Hall–Kier alpha value is -0.570. The predicted molar refractivity (Wildman–Crippen MR) is 74.7 cm³/mol. The Labute approximate surface area is 111 Å². The van der Waals surface area contributed by atoms with Gasteiger partial charge in [-0.05, 0) is 50.0 Å². The van der Waals surface area contributed by atoms with Gasteiger partial charge in [0.2, 0.25) is 0 Å². The van der Waals surface area contributed by atoms with Crippen LogP contribution < -0.4 is 5.32 Å². The molecule has 3 heteroatoms. The van der Waals surface area contributed by atoms with E-state index in [4.69, 9.17) is 5.11 Å². The molecule has 0 amide bonds. The summed E-state index contributed by atoms with van der Waals surface area (Å²) in [6.45, 7) is 9.93. The fourth-order valence-corrected chi connectivity index (χ4v) is 3.13. The van der Waals surface area contributed by atoms with Crippen LogP contribution in [0.3, 0.4) is 0 Å². The average Bonchev–Trinajstić information content (AvgIpc) is 2.25. The second-order valence-corrected chi connectivity index (χ2v) is 6.92. The molecule has 1 aliphatic rings. The molecule has 1 rings (SSSR count). The number of carbonyl (C=O) groups is 1. The summed E-state index contributed by atoms with van der Waals surface area (Å²) in [5, 5.41) is 12.6. The third kappa shape index (κ3) is 4.27. The highest BCUT2D eigenvalue weighted by atomic mass is 16.4. The van der Waals surface area contributed by atoms with Crippen molar-refractivity contribution in [3.63, 3.8) is 0 Å². The van der Waals surface area contributed by atoms with E-state index < -0.39 is 5.97 Å². The van der Waals surface area contributed by atoms with Crippen LogP contribution in [0.2, 0.25) is 0 Å². The van der Waals surface area contributed by atoms with Gasteiger partial charge in [0.15, 0.2) is 0 Å². The summed E-state index contributed by atoms with van der Waals surface area (Å²) in [6, 6.07) is 0. The van der Waals surface area contributed by atoms with Crippen molar-refractivity contribution in [3.8, 4) is 0 Å². The Balaban J connectivity index is 2.63. The van der Waals surface area contributed by atoms with Crippen LogP contribution in [0.15, 0.2) is 0 Å². The van der Waals surface area contributed by atoms with Crippen molar-refractivity contribution in [2.75, 3.05) is 6.54 Å². The number of hydrogen-bond donors (Lipinski definition) is 2. The maximum Gasteiger partial charge on any atom is 0.305 e. The monoisotopic (exact) mass is 255 g/mol. The molecule has 0 radical (unpaired) electrons. The lowest BCUT2D eigenvalue weighted by atomic mass is 9.66. The highest BCUT2D eigenvalue weighted by Crippen LogP contribution is 2.42. The molecule has 0 atom stereocenters. The number of carboxylic acid groups (broad SMARTS) is 1. The summed E-state index contributed by atoms with van der Waals surface area (Å²) in [5.41, 5.74) is 0.198. The Morgan fingerprint density at radius 2 is 1.89 bits per heavy atom. The Kier molecular flexibility index (Phi) is 5.20. The lowest BCUT2D eigenvalue weighted by Crippen LogP contribution is -2.50. The summed E-state index contributed by atoms with van der Waals surface area (Å²) < 4.78 is 0. The van der Waals surface area contributed by atoms with Gasteiger partial charge in [0.05, 0.1) is 6.42 Å². The molecule has 0 aromatic rings. The van der Waals surface area contributed by atoms with Crippen molar-refractivity contribution in [2.45, 2.75) is 71.8 Å². The van der Waals surface area contributed by atoms with Crippen LogP contribution in [0.25, 0.3) is 0 Å². The van der Waals surface area contributed by atoms with Gasteiger partial charge in [-0.25, -0.2) is 0 Å². The number of nitrogens with one attached hydrogen (secondary N) is 1. The van der Waals surface area contributed by atoms with Gasteiger partial charge in [-0.1, -0.05) is 27.7 Å². The molecule has 3 nitrogen and oxygen atoms in total. The third-order valence-electron chi connectivity index (χ3n) is 4.41. The molecule has 2 N–H and O–H groups in total. The normalized spacial score (nSPS) is 29.2. The number of hydrogen-bond acceptors (Lipinski definition) is 2. The van der Waals surface area contributed by atoms with Crippen LogP contribution in [0.4, 0.5) is 0 Å².